The van der Waals surface area contributed by atoms with Gasteiger partial charge in [-0.3, -0.25) is 9.11 Å². The Morgan fingerprint density at radius 1 is 0.971 bits per heavy atom. The maximum atomic E-state index is 11.3. The summed E-state index contributed by atoms with van der Waals surface area (Å²) in [6.45, 7) is 4.49. The Morgan fingerprint density at radius 3 is 2.37 bits per heavy atom. The van der Waals surface area contributed by atoms with E-state index >= 15 is 0 Å². The molecule has 35 heavy (non-hydrogen) atoms. The number of anilines is 1. The van der Waals surface area contributed by atoms with E-state index in [0.717, 1.165) is 43.6 Å². The first kappa shape index (κ1) is 25.9. The molecule has 0 aromatic carbocycles. The molecule has 0 fully saturated rings. The van der Waals surface area contributed by atoms with Gasteiger partial charge in [-0.2, -0.15) is 30.1 Å². The van der Waals surface area contributed by atoms with Crippen molar-refractivity contribution >= 4 is 71.4 Å². The van der Waals surface area contributed by atoms with Gasteiger partial charge in [-0.15, -0.1) is 0 Å². The van der Waals surface area contributed by atoms with Gasteiger partial charge >= 0.3 is 0 Å². The highest BCUT2D eigenvalue weighted by Gasteiger charge is 2.25. The predicted molar refractivity (Wildman–Crippen MR) is 138 cm³/mol. The number of aryl methyl sites for hydroxylation is 3. The third-order valence-electron chi connectivity index (χ3n) is 5.55. The number of pyridine rings is 1. The first-order chi connectivity index (χ1) is 16.4. The fourth-order valence-electron chi connectivity index (χ4n) is 4.10. The molecule has 0 saturated heterocycles. The summed E-state index contributed by atoms with van der Waals surface area (Å²) < 4.78 is 75.3. The maximum Gasteiger partial charge on any atom is 0.265 e. The van der Waals surface area contributed by atoms with Crippen molar-refractivity contribution in [2.45, 2.75) is 33.2 Å². The molecule has 4 heterocycles. The zero-order chi connectivity index (χ0) is 25.4. The van der Waals surface area contributed by atoms with Crippen molar-refractivity contribution in [2.24, 2.45) is 0 Å². The third-order valence-corrected chi connectivity index (χ3v) is 8.94. The van der Waals surface area contributed by atoms with Crippen LogP contribution in [0.25, 0.3) is 22.4 Å². The van der Waals surface area contributed by atoms with Crippen molar-refractivity contribution in [1.29, 1.82) is 0 Å². The van der Waals surface area contributed by atoms with Crippen LogP contribution in [0.5, 0.6) is 0 Å². The lowest BCUT2D eigenvalue weighted by Gasteiger charge is -2.28. The van der Waals surface area contributed by atoms with Crippen molar-refractivity contribution < 1.29 is 30.5 Å². The number of fused-ring (bicyclic) bond motifs is 2. The molecule has 1 aliphatic rings. The molecule has 0 spiro atoms. The molecule has 3 aromatic rings. The molecule has 0 atom stereocenters. The van der Waals surface area contributed by atoms with Crippen LogP contribution < -0.4 is 9.47 Å². The van der Waals surface area contributed by atoms with Crippen LogP contribution in [0, 0.1) is 13.8 Å². The first-order valence-electron chi connectivity index (χ1n) is 10.8. The van der Waals surface area contributed by atoms with Gasteiger partial charge in [-0.1, -0.05) is 0 Å². The molecule has 0 bridgehead atoms. The Bertz CT molecular complexity index is 1540. The van der Waals surface area contributed by atoms with Crippen molar-refractivity contribution in [3.8, 4) is 0 Å². The van der Waals surface area contributed by atoms with Crippen molar-refractivity contribution in [3.63, 3.8) is 0 Å². The van der Waals surface area contributed by atoms with Crippen LogP contribution in [0.3, 0.4) is 0 Å². The molecule has 188 valence electrons. The zero-order valence-electron chi connectivity index (χ0n) is 19.1. The standard InChI is InChI=1S/C21H24N4O6S4/c1-14-20-18(32-22-14)7-5-16(24(20)9-3-11-34(26,27)28)13-17-6-8-19-21(15(2)23-33-19)25(17)10-4-12-35(29,30)31/h5-8,13H,3-4,9-12H2,1-2H3,(H-,26,27,28,29,30,31)/p+1. The fourth-order valence-corrected chi connectivity index (χ4v) is 6.67. The van der Waals surface area contributed by atoms with E-state index in [0.29, 0.717) is 13.1 Å². The van der Waals surface area contributed by atoms with Gasteiger partial charge in [0.05, 0.1) is 27.8 Å². The summed E-state index contributed by atoms with van der Waals surface area (Å²) in [5.41, 5.74) is 5.04. The molecule has 2 N–H and O–H groups in total. The lowest BCUT2D eigenvalue weighted by Crippen LogP contribution is -2.39. The van der Waals surface area contributed by atoms with Crippen LogP contribution in [0.15, 0.2) is 23.9 Å². The van der Waals surface area contributed by atoms with Gasteiger partial charge in [-0.25, -0.2) is 0 Å². The van der Waals surface area contributed by atoms with Crippen LogP contribution in [-0.2, 0) is 26.8 Å². The van der Waals surface area contributed by atoms with E-state index in [1.165, 1.54) is 23.1 Å². The molecular weight excluding hydrogens is 533 g/mol. The third kappa shape index (κ3) is 6.13. The summed E-state index contributed by atoms with van der Waals surface area (Å²) in [5.74, 6) is -0.707. The van der Waals surface area contributed by atoms with Gasteiger partial charge in [0.15, 0.2) is 6.54 Å². The van der Waals surface area contributed by atoms with E-state index in [9.17, 15) is 25.9 Å². The molecule has 0 radical (unpaired) electrons. The lowest BCUT2D eigenvalue weighted by atomic mass is 10.1. The lowest BCUT2D eigenvalue weighted by molar-refractivity contribution is -0.673. The SMILES string of the molecule is Cc1nsc2c1N(CCCS(=O)(=O)O)/C(=C/c1ccc3snc(C)c3[n+]1CCCS(=O)(=O)O)C=C2. The molecule has 0 unspecified atom stereocenters. The average molecular weight is 558 g/mol. The number of aromatic nitrogens is 3. The summed E-state index contributed by atoms with van der Waals surface area (Å²) in [6, 6.07) is 3.89. The summed E-state index contributed by atoms with van der Waals surface area (Å²) in [6.07, 6.45) is 6.29. The van der Waals surface area contributed by atoms with E-state index in [4.69, 9.17) is 0 Å². The van der Waals surface area contributed by atoms with Crippen molar-refractivity contribution in [2.75, 3.05) is 23.0 Å². The first-order valence-corrected chi connectivity index (χ1v) is 15.5. The number of hydrogen-bond donors (Lipinski definition) is 2. The fraction of sp³-hybridized carbons (Fsp3) is 0.381. The van der Waals surface area contributed by atoms with Crippen molar-refractivity contribution in [3.05, 3.63) is 45.9 Å². The largest absolute Gasteiger partial charge is 0.339 e. The minimum Gasteiger partial charge on any atom is -0.339 e. The van der Waals surface area contributed by atoms with E-state index < -0.39 is 20.2 Å². The Hall–Kier alpha value is -2.23. The number of hydrogen-bond acceptors (Lipinski definition) is 9. The second-order valence-electron chi connectivity index (χ2n) is 8.20. The molecule has 0 aliphatic carbocycles. The number of nitrogens with zero attached hydrogens (tertiary/aromatic N) is 4. The Kier molecular flexibility index (Phi) is 7.41. The highest BCUT2D eigenvalue weighted by atomic mass is 32.2. The second kappa shape index (κ2) is 10.0. The zero-order valence-corrected chi connectivity index (χ0v) is 22.3. The summed E-state index contributed by atoms with van der Waals surface area (Å²) in [4.78, 5) is 2.95. The molecule has 1 aliphatic heterocycles. The van der Waals surface area contributed by atoms with Crippen LogP contribution >= 0.6 is 23.1 Å². The Balaban J connectivity index is 1.76. The minimum atomic E-state index is -4.08. The molecule has 10 nitrogen and oxygen atoms in total. The van der Waals surface area contributed by atoms with E-state index in [2.05, 4.69) is 8.75 Å². The maximum absolute atomic E-state index is 11.3. The molecule has 3 aromatic heterocycles. The summed E-state index contributed by atoms with van der Waals surface area (Å²) in [7, 11) is -8.17. The quantitative estimate of drug-likeness (QED) is 0.300. The van der Waals surface area contributed by atoms with Gasteiger partial charge in [0.1, 0.15) is 10.4 Å². The summed E-state index contributed by atoms with van der Waals surface area (Å²) >= 11 is 2.72. The highest BCUT2D eigenvalue weighted by molar-refractivity contribution is 7.86. The van der Waals surface area contributed by atoms with Gasteiger partial charge in [0, 0.05) is 30.8 Å². The monoisotopic (exact) mass is 557 g/mol. The predicted octanol–water partition coefficient (Wildman–Crippen LogP) is 3.09. The number of rotatable bonds is 9. The second-order valence-corrected chi connectivity index (χ2v) is 13.0. The van der Waals surface area contributed by atoms with E-state index in [1.54, 1.807) is 0 Å². The molecule has 4 rings (SSSR count). The van der Waals surface area contributed by atoms with Gasteiger partial charge in [0.25, 0.3) is 20.2 Å². The smallest absolute Gasteiger partial charge is 0.265 e. The number of allylic oxidation sites excluding steroid dienone is 1. The van der Waals surface area contributed by atoms with Gasteiger partial charge < -0.3 is 4.90 Å². The summed E-state index contributed by atoms with van der Waals surface area (Å²) in [5, 5.41) is 0. The highest BCUT2D eigenvalue weighted by Crippen LogP contribution is 2.37. The molecule has 0 amide bonds. The topological polar surface area (TPSA) is 142 Å². The van der Waals surface area contributed by atoms with Crippen LogP contribution in [0.4, 0.5) is 5.69 Å². The Morgan fingerprint density at radius 2 is 1.66 bits per heavy atom. The average Bonchev–Trinajstić information content (AvgIpc) is 3.32. The Labute approximate surface area is 212 Å². The van der Waals surface area contributed by atoms with Crippen LogP contribution in [0.2, 0.25) is 0 Å². The van der Waals surface area contributed by atoms with Crippen LogP contribution in [0.1, 0.15) is 34.8 Å². The molecular formula is C21H25N4O6S4+. The van der Waals surface area contributed by atoms with Crippen LogP contribution in [-0.4, -0.2) is 52.7 Å². The normalized spacial score (nSPS) is 15.3. The molecule has 14 heteroatoms. The van der Waals surface area contributed by atoms with Gasteiger partial charge in [-0.05, 0) is 61.6 Å². The van der Waals surface area contributed by atoms with Gasteiger partial charge in [0.2, 0.25) is 11.2 Å². The van der Waals surface area contributed by atoms with E-state index in [-0.39, 0.29) is 24.3 Å². The van der Waals surface area contributed by atoms with E-state index in [1.807, 2.05) is 53.7 Å². The minimum absolute atomic E-state index is 0.222. The molecule has 0 saturated carbocycles. The van der Waals surface area contributed by atoms with Crippen molar-refractivity contribution in [1.82, 2.24) is 8.75 Å².